The van der Waals surface area contributed by atoms with Crippen LogP contribution >= 0.6 is 0 Å². The fourth-order valence-electron chi connectivity index (χ4n) is 3.70. The van der Waals surface area contributed by atoms with Crippen LogP contribution in [0.5, 0.6) is 0 Å². The molecule has 8 nitrogen and oxygen atoms in total. The third-order valence-corrected chi connectivity index (χ3v) is 7.18. The van der Waals surface area contributed by atoms with Crippen molar-refractivity contribution in [2.45, 2.75) is 62.1 Å². The summed E-state index contributed by atoms with van der Waals surface area (Å²) in [5.74, 6) is 0. The summed E-state index contributed by atoms with van der Waals surface area (Å²) >= 11 is 0. The number of ether oxygens (including phenoxy) is 2. The zero-order valence-corrected chi connectivity index (χ0v) is 19.9. The molecule has 0 unspecified atom stereocenters. The van der Waals surface area contributed by atoms with E-state index in [0.717, 1.165) is 5.56 Å². The van der Waals surface area contributed by atoms with Gasteiger partial charge < -0.3 is 19.7 Å². The molecule has 0 aliphatic carbocycles. The highest BCUT2D eigenvalue weighted by Gasteiger charge is 2.44. The molecule has 2 aromatic rings. The van der Waals surface area contributed by atoms with Crippen molar-refractivity contribution in [1.29, 1.82) is 0 Å². The zero-order valence-electron chi connectivity index (χ0n) is 19.1. The summed E-state index contributed by atoms with van der Waals surface area (Å²) in [5.41, 5.74) is 0.0108. The fourth-order valence-corrected chi connectivity index (χ4v) is 5.47. The molecule has 9 heteroatoms. The molecule has 3 rings (SSSR count). The van der Waals surface area contributed by atoms with Crippen LogP contribution in [0.4, 0.5) is 9.59 Å². The number of nitrogens with zero attached hydrogens (tertiary/aromatic N) is 1. The van der Waals surface area contributed by atoms with Crippen molar-refractivity contribution < 1.29 is 27.5 Å². The number of sulfone groups is 1. The van der Waals surface area contributed by atoms with Crippen LogP contribution in [0.2, 0.25) is 0 Å². The summed E-state index contributed by atoms with van der Waals surface area (Å²) in [6, 6.07) is 16.3. The lowest BCUT2D eigenvalue weighted by Crippen LogP contribution is -2.55. The van der Waals surface area contributed by atoms with Crippen molar-refractivity contribution in [2.75, 3.05) is 6.54 Å². The number of amides is 2. The highest BCUT2D eigenvalue weighted by molar-refractivity contribution is 7.92. The minimum absolute atomic E-state index is 0.0514. The zero-order chi connectivity index (χ0) is 24.1. The first kappa shape index (κ1) is 24.6. The number of carbonyl (C=O) groups excluding carboxylic acids is 2. The summed E-state index contributed by atoms with van der Waals surface area (Å²) in [7, 11) is -4.03. The topological polar surface area (TPSA) is 102 Å². The van der Waals surface area contributed by atoms with Crippen LogP contribution < -0.4 is 5.32 Å². The lowest BCUT2D eigenvalue weighted by molar-refractivity contribution is 0.0486. The van der Waals surface area contributed by atoms with Gasteiger partial charge in [0, 0.05) is 6.54 Å². The number of hydrogen-bond acceptors (Lipinski definition) is 6. The molecule has 1 aliphatic rings. The van der Waals surface area contributed by atoms with E-state index in [4.69, 9.17) is 9.47 Å². The number of hydrogen-bond donors (Lipinski definition) is 1. The molecule has 2 atom stereocenters. The average molecular weight is 475 g/mol. The normalized spacial score (nSPS) is 17.3. The maximum absolute atomic E-state index is 13.5. The summed E-state index contributed by atoms with van der Waals surface area (Å²) < 4.78 is 37.8. The van der Waals surface area contributed by atoms with Crippen LogP contribution in [0.15, 0.2) is 65.6 Å². The molecule has 0 bridgehead atoms. The number of carbonyl (C=O) groups is 2. The van der Waals surface area contributed by atoms with Crippen LogP contribution in [0.1, 0.15) is 39.2 Å². The van der Waals surface area contributed by atoms with E-state index in [2.05, 4.69) is 5.32 Å². The number of likely N-dealkylation sites (tertiary alicyclic amines) is 1. The standard InChI is InChI=1S/C24H30N2O6S/c1-24(2,3)32-22(27)25-21(33(29,30)19-13-8-5-9-14-19)20-15-10-16-26(20)23(28)31-17-18-11-6-4-7-12-18/h4-9,11-14,20-21H,10,15-17H2,1-3H3,(H,25,27)/t20-,21-/m0/s1. The quantitative estimate of drug-likeness (QED) is 0.676. The summed E-state index contributed by atoms with van der Waals surface area (Å²) in [6.45, 7) is 5.47. The molecule has 178 valence electrons. The Morgan fingerprint density at radius 1 is 1.06 bits per heavy atom. The van der Waals surface area contributed by atoms with E-state index < -0.39 is 39.0 Å². The number of benzene rings is 2. The summed E-state index contributed by atoms with van der Waals surface area (Å²) in [4.78, 5) is 26.9. The van der Waals surface area contributed by atoms with Gasteiger partial charge in [-0.3, -0.25) is 0 Å². The molecule has 1 fully saturated rings. The van der Waals surface area contributed by atoms with Crippen molar-refractivity contribution in [1.82, 2.24) is 10.2 Å². The number of rotatable bonds is 6. The minimum atomic E-state index is -4.03. The van der Waals surface area contributed by atoms with Crippen LogP contribution in [-0.2, 0) is 25.9 Å². The van der Waals surface area contributed by atoms with Crippen molar-refractivity contribution in [3.8, 4) is 0 Å². The molecule has 1 saturated heterocycles. The van der Waals surface area contributed by atoms with Gasteiger partial charge in [-0.15, -0.1) is 0 Å². The Morgan fingerprint density at radius 3 is 2.27 bits per heavy atom. The van der Waals surface area contributed by atoms with Gasteiger partial charge in [-0.25, -0.2) is 18.0 Å². The van der Waals surface area contributed by atoms with Gasteiger partial charge in [0.1, 0.15) is 12.2 Å². The first-order chi connectivity index (χ1) is 15.6. The van der Waals surface area contributed by atoms with Gasteiger partial charge in [-0.1, -0.05) is 48.5 Å². The van der Waals surface area contributed by atoms with E-state index >= 15 is 0 Å². The minimum Gasteiger partial charge on any atom is -0.445 e. The molecule has 2 amide bonds. The first-order valence-corrected chi connectivity index (χ1v) is 12.4. The number of alkyl carbamates (subject to hydrolysis) is 1. The Bertz CT molecular complexity index is 1050. The van der Waals surface area contributed by atoms with E-state index in [0.29, 0.717) is 19.4 Å². The lowest BCUT2D eigenvalue weighted by atomic mass is 10.2. The van der Waals surface area contributed by atoms with Crippen molar-refractivity contribution in [3.05, 3.63) is 66.2 Å². The summed E-state index contributed by atoms with van der Waals surface area (Å²) in [5, 5.41) is 1.13. The van der Waals surface area contributed by atoms with Gasteiger partial charge in [0.05, 0.1) is 10.9 Å². The monoisotopic (exact) mass is 474 g/mol. The largest absolute Gasteiger partial charge is 0.445 e. The Kier molecular flexibility index (Phi) is 7.63. The van der Waals surface area contributed by atoms with Crippen molar-refractivity contribution in [3.63, 3.8) is 0 Å². The molecule has 0 saturated carbocycles. The van der Waals surface area contributed by atoms with E-state index in [1.165, 1.54) is 17.0 Å². The van der Waals surface area contributed by atoms with Gasteiger partial charge in [0.25, 0.3) is 0 Å². The third kappa shape index (κ3) is 6.47. The van der Waals surface area contributed by atoms with Gasteiger partial charge in [-0.05, 0) is 51.3 Å². The molecule has 2 aromatic carbocycles. The lowest BCUT2D eigenvalue weighted by Gasteiger charge is -2.32. The molecule has 0 radical (unpaired) electrons. The van der Waals surface area contributed by atoms with Gasteiger partial charge in [0.2, 0.25) is 9.84 Å². The Morgan fingerprint density at radius 2 is 1.67 bits per heavy atom. The maximum Gasteiger partial charge on any atom is 0.410 e. The molecule has 1 heterocycles. The van der Waals surface area contributed by atoms with Crippen LogP contribution in [0.3, 0.4) is 0 Å². The smallest absolute Gasteiger partial charge is 0.410 e. The summed E-state index contributed by atoms with van der Waals surface area (Å²) in [6.07, 6.45) is -0.508. The molecular formula is C24H30N2O6S. The Balaban J connectivity index is 1.85. The molecule has 0 spiro atoms. The van der Waals surface area contributed by atoms with E-state index in [-0.39, 0.29) is 11.5 Å². The van der Waals surface area contributed by atoms with Crippen LogP contribution in [0.25, 0.3) is 0 Å². The molecule has 1 N–H and O–H groups in total. The van der Waals surface area contributed by atoms with Crippen LogP contribution in [-0.4, -0.2) is 49.1 Å². The van der Waals surface area contributed by atoms with Crippen molar-refractivity contribution in [2.24, 2.45) is 0 Å². The second-order valence-electron chi connectivity index (χ2n) is 8.87. The first-order valence-electron chi connectivity index (χ1n) is 10.8. The van der Waals surface area contributed by atoms with Gasteiger partial charge in [-0.2, -0.15) is 0 Å². The highest BCUT2D eigenvalue weighted by atomic mass is 32.2. The maximum atomic E-state index is 13.5. The Labute approximate surface area is 194 Å². The molecule has 1 aliphatic heterocycles. The fraction of sp³-hybridized carbons (Fsp3) is 0.417. The number of nitrogens with one attached hydrogen (secondary N) is 1. The van der Waals surface area contributed by atoms with Gasteiger partial charge >= 0.3 is 12.2 Å². The molecular weight excluding hydrogens is 444 g/mol. The van der Waals surface area contributed by atoms with Gasteiger partial charge in [0.15, 0.2) is 5.37 Å². The van der Waals surface area contributed by atoms with Crippen LogP contribution in [0, 0.1) is 0 Å². The Hall–Kier alpha value is -3.07. The predicted octanol–water partition coefficient (Wildman–Crippen LogP) is 4.11. The second-order valence-corrected chi connectivity index (χ2v) is 10.9. The highest BCUT2D eigenvalue weighted by Crippen LogP contribution is 2.28. The third-order valence-electron chi connectivity index (χ3n) is 5.15. The second kappa shape index (κ2) is 10.2. The molecule has 0 aromatic heterocycles. The van der Waals surface area contributed by atoms with E-state index in [9.17, 15) is 18.0 Å². The van der Waals surface area contributed by atoms with Crippen molar-refractivity contribution >= 4 is 22.0 Å². The SMILES string of the molecule is CC(C)(C)OC(=O)N[C@H]([C@@H]1CCCN1C(=O)OCc1ccccc1)S(=O)(=O)c1ccccc1. The van der Waals surface area contributed by atoms with E-state index in [1.807, 2.05) is 30.3 Å². The van der Waals surface area contributed by atoms with E-state index in [1.54, 1.807) is 39.0 Å². The molecule has 33 heavy (non-hydrogen) atoms. The predicted molar refractivity (Wildman–Crippen MR) is 123 cm³/mol. The average Bonchev–Trinajstić information content (AvgIpc) is 3.25.